The zero-order valence-electron chi connectivity index (χ0n) is 11.5. The van der Waals surface area contributed by atoms with Crippen molar-refractivity contribution < 1.29 is 24.1 Å². The van der Waals surface area contributed by atoms with Gasteiger partial charge in [0.2, 0.25) is 6.79 Å². The molecule has 0 spiro atoms. The van der Waals surface area contributed by atoms with Crippen LogP contribution in [-0.2, 0) is 11.3 Å². The van der Waals surface area contributed by atoms with E-state index in [1.54, 1.807) is 18.2 Å². The van der Waals surface area contributed by atoms with Crippen LogP contribution in [0.4, 0.5) is 0 Å². The lowest BCUT2D eigenvalue weighted by Gasteiger charge is -2.13. The first-order chi connectivity index (χ1) is 10.3. The fourth-order valence-corrected chi connectivity index (χ4v) is 2.42. The van der Waals surface area contributed by atoms with Gasteiger partial charge in [-0.15, -0.1) is 0 Å². The third kappa shape index (κ3) is 2.21. The van der Waals surface area contributed by atoms with Gasteiger partial charge in [-0.3, -0.25) is 0 Å². The maximum absolute atomic E-state index is 12.1. The van der Waals surface area contributed by atoms with Gasteiger partial charge in [0.25, 0.3) is 0 Å². The number of fused-ring (bicyclic) bond motifs is 1. The number of benzene rings is 2. The van der Waals surface area contributed by atoms with Crippen molar-refractivity contribution in [1.29, 1.82) is 0 Å². The zero-order valence-corrected chi connectivity index (χ0v) is 11.5. The second kappa shape index (κ2) is 5.46. The molecule has 0 saturated carbocycles. The van der Waals surface area contributed by atoms with E-state index in [1.807, 2.05) is 18.2 Å². The SMILES string of the molecule is COC(=O)c1c(-c2ccccc2CO)ccc2c1OCO2. The van der Waals surface area contributed by atoms with Crippen molar-refractivity contribution in [2.45, 2.75) is 6.61 Å². The maximum atomic E-state index is 12.1. The predicted octanol–water partition coefficient (Wildman–Crippen LogP) is 2.36. The molecule has 2 aromatic carbocycles. The first kappa shape index (κ1) is 13.5. The van der Waals surface area contributed by atoms with Crippen molar-refractivity contribution in [3.05, 3.63) is 47.5 Å². The molecule has 0 bridgehead atoms. The van der Waals surface area contributed by atoms with Crippen LogP contribution in [0.2, 0.25) is 0 Å². The number of carbonyl (C=O) groups is 1. The van der Waals surface area contributed by atoms with E-state index >= 15 is 0 Å². The summed E-state index contributed by atoms with van der Waals surface area (Å²) in [5.74, 6) is 0.396. The minimum Gasteiger partial charge on any atom is -0.465 e. The van der Waals surface area contributed by atoms with Crippen LogP contribution < -0.4 is 9.47 Å². The zero-order chi connectivity index (χ0) is 14.8. The molecule has 5 nitrogen and oxygen atoms in total. The lowest BCUT2D eigenvalue weighted by molar-refractivity contribution is 0.0597. The summed E-state index contributed by atoms with van der Waals surface area (Å²) in [4.78, 5) is 12.1. The van der Waals surface area contributed by atoms with Gasteiger partial charge in [0.05, 0.1) is 13.7 Å². The Bertz CT molecular complexity index is 693. The van der Waals surface area contributed by atoms with Crippen molar-refractivity contribution in [3.8, 4) is 22.6 Å². The Morgan fingerprint density at radius 1 is 1.19 bits per heavy atom. The highest BCUT2D eigenvalue weighted by atomic mass is 16.7. The predicted molar refractivity (Wildman–Crippen MR) is 75.3 cm³/mol. The van der Waals surface area contributed by atoms with Gasteiger partial charge in [0.15, 0.2) is 11.5 Å². The minimum absolute atomic E-state index is 0.0738. The highest BCUT2D eigenvalue weighted by Gasteiger charge is 2.27. The third-order valence-electron chi connectivity index (χ3n) is 3.41. The molecule has 0 aromatic heterocycles. The van der Waals surface area contributed by atoms with Crippen LogP contribution in [0.15, 0.2) is 36.4 Å². The number of ether oxygens (including phenoxy) is 3. The largest absolute Gasteiger partial charge is 0.465 e. The molecule has 0 aliphatic carbocycles. The quantitative estimate of drug-likeness (QED) is 0.877. The topological polar surface area (TPSA) is 65.0 Å². The van der Waals surface area contributed by atoms with E-state index in [1.165, 1.54) is 7.11 Å². The Morgan fingerprint density at radius 2 is 2.00 bits per heavy atom. The molecule has 0 saturated heterocycles. The van der Waals surface area contributed by atoms with Gasteiger partial charge in [-0.2, -0.15) is 0 Å². The Balaban J connectivity index is 2.25. The highest BCUT2D eigenvalue weighted by Crippen LogP contribution is 2.42. The molecule has 3 rings (SSSR count). The maximum Gasteiger partial charge on any atom is 0.342 e. The lowest BCUT2D eigenvalue weighted by Crippen LogP contribution is -2.06. The van der Waals surface area contributed by atoms with Crippen LogP contribution in [-0.4, -0.2) is 25.0 Å². The number of hydrogen-bond donors (Lipinski definition) is 1. The monoisotopic (exact) mass is 286 g/mol. The summed E-state index contributed by atoms with van der Waals surface area (Å²) in [6, 6.07) is 10.9. The van der Waals surface area contributed by atoms with Crippen LogP contribution in [0.25, 0.3) is 11.1 Å². The summed E-state index contributed by atoms with van der Waals surface area (Å²) in [5, 5.41) is 9.49. The number of esters is 1. The molecular weight excluding hydrogens is 272 g/mol. The van der Waals surface area contributed by atoms with E-state index in [0.29, 0.717) is 22.6 Å². The summed E-state index contributed by atoms with van der Waals surface area (Å²) in [6.45, 7) is -0.0460. The van der Waals surface area contributed by atoms with E-state index in [0.717, 1.165) is 11.1 Å². The Labute approximate surface area is 121 Å². The van der Waals surface area contributed by atoms with Gasteiger partial charge in [-0.05, 0) is 23.3 Å². The number of methoxy groups -OCH3 is 1. The highest BCUT2D eigenvalue weighted by molar-refractivity contribution is 6.01. The van der Waals surface area contributed by atoms with Crippen LogP contribution >= 0.6 is 0 Å². The van der Waals surface area contributed by atoms with Gasteiger partial charge >= 0.3 is 5.97 Å². The molecule has 1 aliphatic heterocycles. The van der Waals surface area contributed by atoms with Gasteiger partial charge in [-0.25, -0.2) is 4.79 Å². The molecule has 1 heterocycles. The summed E-state index contributed by atoms with van der Waals surface area (Å²) < 4.78 is 15.6. The molecule has 5 heteroatoms. The van der Waals surface area contributed by atoms with Gasteiger partial charge in [0, 0.05) is 5.56 Å². The molecule has 0 radical (unpaired) electrons. The summed E-state index contributed by atoms with van der Waals surface area (Å²) in [6.07, 6.45) is 0. The second-order valence-corrected chi connectivity index (χ2v) is 4.53. The molecule has 108 valence electrons. The molecule has 1 N–H and O–H groups in total. The van der Waals surface area contributed by atoms with Crippen molar-refractivity contribution in [1.82, 2.24) is 0 Å². The molecule has 0 fully saturated rings. The second-order valence-electron chi connectivity index (χ2n) is 4.53. The normalized spacial score (nSPS) is 12.3. The van der Waals surface area contributed by atoms with Gasteiger partial charge in [0.1, 0.15) is 5.56 Å². The smallest absolute Gasteiger partial charge is 0.342 e. The summed E-state index contributed by atoms with van der Waals surface area (Å²) in [5.41, 5.74) is 2.45. The molecule has 0 unspecified atom stereocenters. The lowest BCUT2D eigenvalue weighted by atomic mass is 9.94. The number of rotatable bonds is 3. The van der Waals surface area contributed by atoms with Gasteiger partial charge in [-0.1, -0.05) is 24.3 Å². The van der Waals surface area contributed by atoms with Crippen molar-refractivity contribution in [3.63, 3.8) is 0 Å². The van der Waals surface area contributed by atoms with Crippen molar-refractivity contribution in [2.75, 3.05) is 13.9 Å². The first-order valence-electron chi connectivity index (χ1n) is 6.46. The fraction of sp³-hybridized carbons (Fsp3) is 0.188. The number of aliphatic hydroxyl groups excluding tert-OH is 1. The van der Waals surface area contributed by atoms with Crippen LogP contribution in [0.3, 0.4) is 0 Å². The Morgan fingerprint density at radius 3 is 2.76 bits per heavy atom. The molecule has 0 atom stereocenters. The van der Waals surface area contributed by atoms with E-state index in [4.69, 9.17) is 14.2 Å². The molecule has 2 aromatic rings. The van der Waals surface area contributed by atoms with Crippen molar-refractivity contribution >= 4 is 5.97 Å². The van der Waals surface area contributed by atoms with E-state index < -0.39 is 5.97 Å². The standard InChI is InChI=1S/C16H14O5/c1-19-16(18)14-12(6-7-13-15(14)21-9-20-13)11-5-3-2-4-10(11)8-17/h2-7,17H,8-9H2,1H3. The van der Waals surface area contributed by atoms with Crippen molar-refractivity contribution in [2.24, 2.45) is 0 Å². The molecular formula is C16H14O5. The average molecular weight is 286 g/mol. The third-order valence-corrected chi connectivity index (χ3v) is 3.41. The Kier molecular flexibility index (Phi) is 3.50. The van der Waals surface area contributed by atoms with E-state index in [9.17, 15) is 9.90 Å². The fourth-order valence-electron chi connectivity index (χ4n) is 2.42. The number of carbonyl (C=O) groups excluding carboxylic acids is 1. The molecule has 21 heavy (non-hydrogen) atoms. The summed E-state index contributed by atoms with van der Waals surface area (Å²) >= 11 is 0. The number of aliphatic hydroxyl groups is 1. The Hall–Kier alpha value is -2.53. The average Bonchev–Trinajstić information content (AvgIpc) is 3.01. The van der Waals surface area contributed by atoms with Gasteiger partial charge < -0.3 is 19.3 Å². The minimum atomic E-state index is -0.500. The number of hydrogen-bond acceptors (Lipinski definition) is 5. The summed E-state index contributed by atoms with van der Waals surface area (Å²) in [7, 11) is 1.32. The van der Waals surface area contributed by atoms with E-state index in [2.05, 4.69) is 0 Å². The molecule has 0 amide bonds. The van der Waals surface area contributed by atoms with Crippen LogP contribution in [0, 0.1) is 0 Å². The van der Waals surface area contributed by atoms with E-state index in [-0.39, 0.29) is 13.4 Å². The molecule has 1 aliphatic rings. The van der Waals surface area contributed by atoms with Crippen LogP contribution in [0.5, 0.6) is 11.5 Å². The van der Waals surface area contributed by atoms with Crippen LogP contribution in [0.1, 0.15) is 15.9 Å². The first-order valence-corrected chi connectivity index (χ1v) is 6.46.